The van der Waals surface area contributed by atoms with E-state index in [1.807, 2.05) is 13.8 Å². The van der Waals surface area contributed by atoms with Gasteiger partial charge in [0.1, 0.15) is 6.10 Å². The second kappa shape index (κ2) is 5.97. The van der Waals surface area contributed by atoms with E-state index in [1.165, 1.54) is 0 Å². The van der Waals surface area contributed by atoms with Crippen LogP contribution < -0.4 is 5.73 Å². The number of ether oxygens (including phenoxy) is 1. The third kappa shape index (κ3) is 3.51. The van der Waals surface area contributed by atoms with Gasteiger partial charge in [-0.3, -0.25) is 0 Å². The molecule has 19 heavy (non-hydrogen) atoms. The fraction of sp³-hybridized carbons (Fsp3) is 0.733. The Bertz CT molecular complexity index is 415. The number of hydrogen-bond donors (Lipinski definition) is 1. The zero-order valence-corrected chi connectivity index (χ0v) is 13.2. The van der Waals surface area contributed by atoms with Crippen molar-refractivity contribution in [3.05, 3.63) is 22.8 Å². The molecule has 0 bridgehead atoms. The van der Waals surface area contributed by atoms with E-state index in [-0.39, 0.29) is 17.4 Å². The van der Waals surface area contributed by atoms with Crippen LogP contribution in [0.4, 0.5) is 0 Å². The molecule has 1 heterocycles. The Morgan fingerprint density at radius 2 is 1.63 bits per heavy atom. The van der Waals surface area contributed by atoms with Crippen molar-refractivity contribution in [3.63, 3.8) is 0 Å². The molecule has 1 aromatic rings. The summed E-state index contributed by atoms with van der Waals surface area (Å²) in [6, 6.07) is 0. The van der Waals surface area contributed by atoms with E-state index < -0.39 is 0 Å². The maximum absolute atomic E-state index is 5.75. The largest absolute Gasteiger partial charge is 0.373 e. The van der Waals surface area contributed by atoms with Crippen molar-refractivity contribution in [2.45, 2.75) is 53.6 Å². The Hall–Kier alpha value is -1.00. The first-order chi connectivity index (χ1) is 8.72. The highest BCUT2D eigenvalue weighted by atomic mass is 16.5. The molecule has 0 saturated carbocycles. The first-order valence-corrected chi connectivity index (χ1v) is 6.80. The van der Waals surface area contributed by atoms with Crippen molar-refractivity contribution in [1.82, 2.24) is 9.97 Å². The van der Waals surface area contributed by atoms with Crippen molar-refractivity contribution >= 4 is 0 Å². The van der Waals surface area contributed by atoms with Gasteiger partial charge in [0.2, 0.25) is 0 Å². The molecule has 2 atom stereocenters. The van der Waals surface area contributed by atoms with Crippen molar-refractivity contribution in [2.24, 2.45) is 11.1 Å². The van der Waals surface area contributed by atoms with E-state index in [1.54, 1.807) is 7.11 Å². The monoisotopic (exact) mass is 265 g/mol. The van der Waals surface area contributed by atoms with Gasteiger partial charge in [0, 0.05) is 18.5 Å². The van der Waals surface area contributed by atoms with Gasteiger partial charge < -0.3 is 10.5 Å². The molecule has 0 aliphatic carbocycles. The second-order valence-electron chi connectivity index (χ2n) is 6.28. The maximum Gasteiger partial charge on any atom is 0.158 e. The van der Waals surface area contributed by atoms with Gasteiger partial charge in [-0.25, -0.2) is 9.97 Å². The summed E-state index contributed by atoms with van der Waals surface area (Å²) in [4.78, 5) is 9.30. The highest BCUT2D eigenvalue weighted by Crippen LogP contribution is 2.34. The minimum atomic E-state index is -0.105. The van der Waals surface area contributed by atoms with Crippen LogP contribution in [0.25, 0.3) is 0 Å². The predicted molar refractivity (Wildman–Crippen MR) is 78.2 cm³/mol. The lowest BCUT2D eigenvalue weighted by molar-refractivity contribution is 0.00838. The zero-order chi connectivity index (χ0) is 14.8. The molecule has 1 rings (SSSR count). The minimum Gasteiger partial charge on any atom is -0.373 e. The fourth-order valence-corrected chi connectivity index (χ4v) is 2.55. The van der Waals surface area contributed by atoms with E-state index in [0.717, 1.165) is 22.8 Å². The van der Waals surface area contributed by atoms with Crippen molar-refractivity contribution in [1.29, 1.82) is 0 Å². The Morgan fingerprint density at radius 1 is 1.16 bits per heavy atom. The van der Waals surface area contributed by atoms with Gasteiger partial charge in [-0.05, 0) is 37.3 Å². The average Bonchev–Trinajstić information content (AvgIpc) is 2.26. The number of nitrogens with zero attached hydrogens (tertiary/aromatic N) is 2. The summed E-state index contributed by atoms with van der Waals surface area (Å²) in [6.45, 7) is 13.2. The van der Waals surface area contributed by atoms with Crippen LogP contribution in [-0.2, 0) is 4.74 Å². The number of hydrogen-bond acceptors (Lipinski definition) is 4. The van der Waals surface area contributed by atoms with Gasteiger partial charge in [-0.15, -0.1) is 0 Å². The van der Waals surface area contributed by atoms with Crippen LogP contribution in [0, 0.1) is 19.3 Å². The Balaban J connectivity index is 3.27. The number of aromatic nitrogens is 2. The topological polar surface area (TPSA) is 61.0 Å². The summed E-state index contributed by atoms with van der Waals surface area (Å²) in [6.07, 6.45) is -0.105. The van der Waals surface area contributed by atoms with Crippen LogP contribution in [0.3, 0.4) is 0 Å². The van der Waals surface area contributed by atoms with Crippen LogP contribution in [-0.4, -0.2) is 23.6 Å². The van der Waals surface area contributed by atoms with Crippen LogP contribution in [0.2, 0.25) is 0 Å². The molecule has 1 aromatic heterocycles. The molecule has 0 aliphatic heterocycles. The lowest BCUT2D eigenvalue weighted by Gasteiger charge is -2.29. The molecule has 2 unspecified atom stereocenters. The number of aryl methyl sites for hydroxylation is 2. The zero-order valence-electron chi connectivity index (χ0n) is 13.2. The van der Waals surface area contributed by atoms with Gasteiger partial charge in [0.25, 0.3) is 0 Å². The van der Waals surface area contributed by atoms with Crippen molar-refractivity contribution in [3.8, 4) is 0 Å². The standard InChI is InChI=1S/C15H27N3O/c1-9(8-16)12-10(2)17-14(18-11(12)3)13(19-7)15(4,5)6/h9,13H,8,16H2,1-7H3. The van der Waals surface area contributed by atoms with E-state index >= 15 is 0 Å². The summed E-state index contributed by atoms with van der Waals surface area (Å²) in [5.41, 5.74) is 8.90. The molecular weight excluding hydrogens is 238 g/mol. The Kier molecular flexibility index (Phi) is 5.04. The molecule has 108 valence electrons. The summed E-state index contributed by atoms with van der Waals surface area (Å²) < 4.78 is 5.59. The SMILES string of the molecule is COC(c1nc(C)c(C(C)CN)c(C)n1)C(C)(C)C. The Labute approximate surface area is 116 Å². The van der Waals surface area contributed by atoms with Crippen LogP contribution in [0.5, 0.6) is 0 Å². The summed E-state index contributed by atoms with van der Waals surface area (Å²) in [5, 5.41) is 0. The highest BCUT2D eigenvalue weighted by molar-refractivity contribution is 5.28. The van der Waals surface area contributed by atoms with Gasteiger partial charge in [0.05, 0.1) is 0 Å². The third-order valence-electron chi connectivity index (χ3n) is 3.45. The molecule has 0 fully saturated rings. The van der Waals surface area contributed by atoms with Crippen LogP contribution in [0.15, 0.2) is 0 Å². The van der Waals surface area contributed by atoms with Crippen molar-refractivity contribution < 1.29 is 4.74 Å². The summed E-state index contributed by atoms with van der Waals surface area (Å²) in [7, 11) is 1.71. The molecule has 0 saturated heterocycles. The third-order valence-corrected chi connectivity index (χ3v) is 3.45. The second-order valence-corrected chi connectivity index (χ2v) is 6.28. The first kappa shape index (κ1) is 16.1. The normalized spacial score (nSPS) is 15.4. The van der Waals surface area contributed by atoms with E-state index in [4.69, 9.17) is 10.5 Å². The molecule has 0 radical (unpaired) electrons. The number of methoxy groups -OCH3 is 1. The minimum absolute atomic E-state index is 0.0331. The van der Waals surface area contributed by atoms with Gasteiger partial charge in [0.15, 0.2) is 5.82 Å². The first-order valence-electron chi connectivity index (χ1n) is 6.80. The van der Waals surface area contributed by atoms with Gasteiger partial charge in [-0.2, -0.15) is 0 Å². The lowest BCUT2D eigenvalue weighted by atomic mass is 9.88. The highest BCUT2D eigenvalue weighted by Gasteiger charge is 2.29. The summed E-state index contributed by atoms with van der Waals surface area (Å²) in [5.74, 6) is 1.04. The predicted octanol–water partition coefficient (Wildman–Crippen LogP) is 2.89. The molecule has 0 aliphatic rings. The van der Waals surface area contributed by atoms with E-state index in [0.29, 0.717) is 6.54 Å². The summed E-state index contributed by atoms with van der Waals surface area (Å²) >= 11 is 0. The number of nitrogens with two attached hydrogens (primary N) is 1. The van der Waals surface area contributed by atoms with Crippen LogP contribution >= 0.6 is 0 Å². The van der Waals surface area contributed by atoms with E-state index in [9.17, 15) is 0 Å². The van der Waals surface area contributed by atoms with Crippen molar-refractivity contribution in [2.75, 3.05) is 13.7 Å². The number of rotatable bonds is 4. The molecule has 0 aromatic carbocycles. The maximum atomic E-state index is 5.75. The lowest BCUT2D eigenvalue weighted by Crippen LogP contribution is -2.24. The van der Waals surface area contributed by atoms with Crippen LogP contribution in [0.1, 0.15) is 62.5 Å². The molecule has 4 nitrogen and oxygen atoms in total. The molecule has 2 N–H and O–H groups in total. The molecule has 4 heteroatoms. The molecule has 0 amide bonds. The Morgan fingerprint density at radius 3 is 1.95 bits per heavy atom. The van der Waals surface area contributed by atoms with Gasteiger partial charge >= 0.3 is 0 Å². The quantitative estimate of drug-likeness (QED) is 0.909. The smallest absolute Gasteiger partial charge is 0.158 e. The average molecular weight is 265 g/mol. The molecule has 0 spiro atoms. The van der Waals surface area contributed by atoms with E-state index in [2.05, 4.69) is 37.7 Å². The fourth-order valence-electron chi connectivity index (χ4n) is 2.55. The molecular formula is C15H27N3O. The van der Waals surface area contributed by atoms with Gasteiger partial charge in [-0.1, -0.05) is 27.7 Å².